The fourth-order valence-corrected chi connectivity index (χ4v) is 8.09. The number of nitrogens with zero attached hydrogens (tertiary/aromatic N) is 7. The Balaban J connectivity index is 1.23. The van der Waals surface area contributed by atoms with E-state index in [0.717, 1.165) is 16.7 Å². The van der Waals surface area contributed by atoms with Gasteiger partial charge in [-0.15, -0.1) is 0 Å². The van der Waals surface area contributed by atoms with Gasteiger partial charge in [0, 0.05) is 43.9 Å². The van der Waals surface area contributed by atoms with Crippen molar-refractivity contribution in [2.45, 2.75) is 42.5 Å². The molecule has 6 rings (SSSR count). The van der Waals surface area contributed by atoms with Gasteiger partial charge in [-0.2, -0.15) is 41.8 Å². The number of aryl methyl sites for hydroxylation is 2. The van der Waals surface area contributed by atoms with Crippen LogP contribution in [-0.2, 0) is 33.1 Å². The summed E-state index contributed by atoms with van der Waals surface area (Å²) in [4.78, 5) is 28.0. The normalized spacial score (nSPS) is 12.4. The second-order valence-electron chi connectivity index (χ2n) is 15.0. The number of aliphatic hydroxyl groups excluding tert-OH is 4. The monoisotopic (exact) mass is 942 g/mol. The van der Waals surface area contributed by atoms with E-state index >= 15 is 0 Å². The number of hydrogen-bond donors (Lipinski definition) is 9. The molecule has 66 heavy (non-hydrogen) atoms. The minimum atomic E-state index is -4.74. The van der Waals surface area contributed by atoms with Crippen molar-refractivity contribution in [3.05, 3.63) is 136 Å². The molecule has 1 unspecified atom stereocenters. The Morgan fingerprint density at radius 3 is 1.76 bits per heavy atom. The number of anilines is 5. The molecule has 0 fully saturated rings. The molecule has 0 bridgehead atoms. The van der Waals surface area contributed by atoms with Crippen LogP contribution in [0.4, 0.5) is 29.2 Å². The van der Waals surface area contributed by atoms with Crippen molar-refractivity contribution >= 4 is 61.6 Å². The summed E-state index contributed by atoms with van der Waals surface area (Å²) in [7, 11) is -9.25. The van der Waals surface area contributed by atoms with Crippen LogP contribution in [0.3, 0.4) is 0 Å². The van der Waals surface area contributed by atoms with E-state index in [4.69, 9.17) is 0 Å². The zero-order chi connectivity index (χ0) is 47.4. The fraction of sp³-hybridized carbons (Fsp3) is 0.273. The average molecular weight is 943 g/mol. The van der Waals surface area contributed by atoms with Gasteiger partial charge in [-0.25, -0.2) is 4.98 Å². The lowest BCUT2D eigenvalue weighted by Crippen LogP contribution is -2.32. The number of hydrogen-bond acceptors (Lipinski definition) is 18. The average Bonchev–Trinajstić information content (AvgIpc) is 3.27. The Bertz CT molecular complexity index is 2870. The van der Waals surface area contributed by atoms with E-state index in [9.17, 15) is 46.4 Å². The lowest BCUT2D eigenvalue weighted by molar-refractivity contribution is 0.222. The molecule has 0 aliphatic heterocycles. The molecule has 0 amide bonds. The number of nitrogens with one attached hydrogen (secondary N) is 3. The zero-order valence-electron chi connectivity index (χ0n) is 35.9. The van der Waals surface area contributed by atoms with Crippen LogP contribution in [0.5, 0.6) is 0 Å². The van der Waals surface area contributed by atoms with Gasteiger partial charge in [0.25, 0.3) is 20.2 Å². The summed E-state index contributed by atoms with van der Waals surface area (Å²) < 4.78 is 69.3. The number of benzene rings is 4. The van der Waals surface area contributed by atoms with E-state index in [2.05, 4.69) is 45.9 Å². The molecule has 4 aromatic carbocycles. The molecule has 348 valence electrons. The van der Waals surface area contributed by atoms with Gasteiger partial charge >= 0.3 is 0 Å². The van der Waals surface area contributed by atoms with Crippen LogP contribution in [0.25, 0.3) is 12.2 Å². The van der Waals surface area contributed by atoms with Crippen molar-refractivity contribution in [2.24, 2.45) is 0 Å². The Morgan fingerprint density at radius 2 is 1.18 bits per heavy atom. The first-order chi connectivity index (χ1) is 31.5. The summed E-state index contributed by atoms with van der Waals surface area (Å²) in [6.45, 7) is 2.87. The summed E-state index contributed by atoms with van der Waals surface area (Å²) in [5.74, 6) is 1.11. The lowest BCUT2D eigenvalue weighted by atomic mass is 10.1. The maximum Gasteiger partial charge on any atom is 0.295 e. The largest absolute Gasteiger partial charge is 0.395 e. The molecule has 0 radical (unpaired) electrons. The molecule has 2 aromatic heterocycles. The predicted molar refractivity (Wildman–Crippen MR) is 247 cm³/mol. The molecule has 6 aromatic rings. The second-order valence-corrected chi connectivity index (χ2v) is 17.8. The van der Waals surface area contributed by atoms with Crippen LogP contribution in [0.2, 0.25) is 0 Å². The maximum atomic E-state index is 12.7. The highest BCUT2D eigenvalue weighted by Gasteiger charge is 2.20. The van der Waals surface area contributed by atoms with E-state index in [0.29, 0.717) is 23.4 Å². The molecule has 0 aliphatic rings. The third-order valence-electron chi connectivity index (χ3n) is 9.94. The van der Waals surface area contributed by atoms with E-state index < -0.39 is 32.9 Å². The second kappa shape index (κ2) is 22.2. The summed E-state index contributed by atoms with van der Waals surface area (Å²) in [6.07, 6.45) is 3.72. The van der Waals surface area contributed by atoms with Crippen molar-refractivity contribution in [3.63, 3.8) is 0 Å². The quantitative estimate of drug-likeness (QED) is 0.0348. The minimum Gasteiger partial charge on any atom is -0.395 e. The minimum absolute atomic E-state index is 0.0310. The van der Waals surface area contributed by atoms with E-state index in [1.165, 1.54) is 37.3 Å². The third-order valence-corrected chi connectivity index (χ3v) is 11.8. The topological polar surface area (TPSA) is 306 Å². The van der Waals surface area contributed by atoms with Gasteiger partial charge in [0.15, 0.2) is 5.82 Å². The molecule has 22 heteroatoms. The fourth-order valence-electron chi connectivity index (χ4n) is 6.63. The maximum absolute atomic E-state index is 12.7. The Hall–Kier alpha value is -6.34. The first-order valence-electron chi connectivity index (χ1n) is 20.5. The van der Waals surface area contributed by atoms with Crippen molar-refractivity contribution in [1.29, 1.82) is 0 Å². The van der Waals surface area contributed by atoms with Gasteiger partial charge < -0.3 is 41.3 Å². The molecule has 0 spiro atoms. The molecule has 9 N–H and O–H groups in total. The lowest BCUT2D eigenvalue weighted by Gasteiger charge is -2.21. The van der Waals surface area contributed by atoms with Gasteiger partial charge in [-0.1, -0.05) is 78.4 Å². The first-order valence-corrected chi connectivity index (χ1v) is 23.4. The number of aromatic nitrogens is 6. The van der Waals surface area contributed by atoms with E-state index in [1.54, 1.807) is 47.4 Å². The van der Waals surface area contributed by atoms with Crippen molar-refractivity contribution in [2.75, 3.05) is 61.6 Å². The van der Waals surface area contributed by atoms with E-state index in [1.807, 2.05) is 31.2 Å². The van der Waals surface area contributed by atoms with Crippen LogP contribution in [0.15, 0.2) is 94.7 Å². The van der Waals surface area contributed by atoms with Crippen molar-refractivity contribution in [1.82, 2.24) is 35.2 Å². The van der Waals surface area contributed by atoms with Gasteiger partial charge in [0.1, 0.15) is 16.5 Å². The van der Waals surface area contributed by atoms with Crippen LogP contribution in [0.1, 0.15) is 56.9 Å². The molecule has 0 saturated carbocycles. The van der Waals surface area contributed by atoms with Crippen molar-refractivity contribution < 1.29 is 46.4 Å². The van der Waals surface area contributed by atoms with Crippen LogP contribution in [-0.4, -0.2) is 122 Å². The summed E-state index contributed by atoms with van der Waals surface area (Å²) >= 11 is 0. The third kappa shape index (κ3) is 13.6. The summed E-state index contributed by atoms with van der Waals surface area (Å²) in [5.41, 5.74) is 4.47. The summed E-state index contributed by atoms with van der Waals surface area (Å²) in [6, 6.07) is 22.9. The highest BCUT2D eigenvalue weighted by Crippen LogP contribution is 2.27. The van der Waals surface area contributed by atoms with Gasteiger partial charge in [0.05, 0.1) is 37.4 Å². The molecule has 1 atom stereocenters. The molecular weight excluding hydrogens is 893 g/mol. The Kier molecular flexibility index (Phi) is 16.5. The Morgan fingerprint density at radius 1 is 0.621 bits per heavy atom. The predicted octanol–water partition coefficient (Wildman–Crippen LogP) is 3.41. The highest BCUT2D eigenvalue weighted by molar-refractivity contribution is 7.86. The van der Waals surface area contributed by atoms with Crippen LogP contribution >= 0.6 is 0 Å². The van der Waals surface area contributed by atoms with Crippen LogP contribution in [0, 0.1) is 13.8 Å². The molecule has 0 saturated heterocycles. The van der Waals surface area contributed by atoms with E-state index in [-0.39, 0.29) is 102 Å². The van der Waals surface area contributed by atoms with Crippen LogP contribution < -0.4 is 20.9 Å². The molecule has 2 heterocycles. The van der Waals surface area contributed by atoms with Crippen molar-refractivity contribution in [3.8, 4) is 0 Å². The van der Waals surface area contributed by atoms with Gasteiger partial charge in [-0.3, -0.25) is 9.11 Å². The van der Waals surface area contributed by atoms with Gasteiger partial charge in [0.2, 0.25) is 17.8 Å². The van der Waals surface area contributed by atoms with Gasteiger partial charge in [-0.05, 0) is 65.9 Å². The first kappa shape index (κ1) is 49.1. The Labute approximate surface area is 381 Å². The summed E-state index contributed by atoms with van der Waals surface area (Å²) in [5, 5.41) is 47.7. The number of aliphatic hydroxyl groups is 4. The molecule has 20 nitrogen and oxygen atoms in total. The number of rotatable bonds is 22. The molecule has 0 aliphatic carbocycles. The standard InChI is InChI=1S/C44H50N10O10S2/c1-28-3-6-31(7-4-28)24-40-50-43(53-44(51-40)54(18-21-56)19-22-57)47-35-16-14-33(38(26-35)66(62,63)64)13-12-30-8-10-32(11-9-30)23-39-48-41(36(27-58)45-17-20-55)52-42(49-39)46-34-15-5-29(2)37(25-34)65(59,60)61/h3-16,25-26,36,45,55-58H,17-24,27H2,1-2H3,(H,59,60,61)(H,62,63,64)(H,46,48,49,52)(H,47,50,51,53)/b13-12+. The SMILES string of the molecule is Cc1ccc(Cc2nc(Nc3ccc(/C=C/c4ccc(Cc5nc(Nc6ccc(C)c(S(=O)(=O)O)c6)nc(C(CO)NCCO)n5)cc4)c(S(=O)(=O)O)c3)nc(N(CCO)CCO)n2)cc1. The zero-order valence-corrected chi connectivity index (χ0v) is 37.6. The highest BCUT2D eigenvalue weighted by atomic mass is 32.2. The molecular formula is C44H50N10O10S2. The smallest absolute Gasteiger partial charge is 0.295 e.